The molecule has 1 saturated carbocycles. The van der Waals surface area contributed by atoms with Crippen molar-refractivity contribution in [2.75, 3.05) is 30.5 Å². The summed E-state index contributed by atoms with van der Waals surface area (Å²) in [4.78, 5) is 14.0. The monoisotopic (exact) mass is 339 g/mol. The number of thiophene rings is 1. The number of thioether (sulfide) groups is 1. The van der Waals surface area contributed by atoms with Crippen LogP contribution in [0.1, 0.15) is 22.5 Å². The average Bonchev–Trinajstić information content (AvgIpc) is 3.08. The molecule has 1 aliphatic carbocycles. The third-order valence-electron chi connectivity index (χ3n) is 2.97. The summed E-state index contributed by atoms with van der Waals surface area (Å²) in [6.07, 6.45) is -0.702. The lowest BCUT2D eigenvalue weighted by Crippen LogP contribution is -2.30. The molecule has 0 aliphatic heterocycles. The molecular formula is C12H16F3N3OS2. The van der Waals surface area contributed by atoms with Crippen molar-refractivity contribution >= 4 is 39.7 Å². The van der Waals surface area contributed by atoms with Gasteiger partial charge in [-0.2, -0.15) is 13.2 Å². The number of rotatable bonds is 5. The van der Waals surface area contributed by atoms with Crippen LogP contribution in [0.15, 0.2) is 4.90 Å². The van der Waals surface area contributed by atoms with E-state index in [0.717, 1.165) is 29.1 Å². The van der Waals surface area contributed by atoms with E-state index in [1.165, 1.54) is 18.8 Å². The van der Waals surface area contributed by atoms with E-state index in [9.17, 15) is 18.0 Å². The standard InChI is InChI=1S/C12H16F3N3OS2/c1-18(5-12(13,14)15)11-9(20-2)7(16)8(21-11)10(19)17-6-3-4-6/h6H,3-5,16H2,1-2H3,(H,17,19). The number of alkyl halides is 3. The lowest BCUT2D eigenvalue weighted by atomic mass is 10.3. The molecule has 0 aromatic carbocycles. The van der Waals surface area contributed by atoms with Gasteiger partial charge in [0.05, 0.1) is 10.6 Å². The van der Waals surface area contributed by atoms with Crippen molar-refractivity contribution < 1.29 is 18.0 Å². The van der Waals surface area contributed by atoms with Gasteiger partial charge in [-0.1, -0.05) is 0 Å². The Balaban J connectivity index is 2.26. The third kappa shape index (κ3) is 3.97. The molecule has 1 fully saturated rings. The Labute approximate surface area is 128 Å². The fourth-order valence-electron chi connectivity index (χ4n) is 1.85. The van der Waals surface area contributed by atoms with Crippen molar-refractivity contribution in [3.05, 3.63) is 4.88 Å². The third-order valence-corrected chi connectivity index (χ3v) is 5.24. The molecule has 0 spiro atoms. The van der Waals surface area contributed by atoms with Crippen LogP contribution in [0.3, 0.4) is 0 Å². The number of amides is 1. The van der Waals surface area contributed by atoms with Crippen molar-refractivity contribution in [1.82, 2.24) is 5.32 Å². The number of nitrogens with zero attached hydrogens (tertiary/aromatic N) is 1. The highest BCUT2D eigenvalue weighted by Crippen LogP contribution is 2.44. The number of nitrogens with two attached hydrogens (primary N) is 1. The summed E-state index contributed by atoms with van der Waals surface area (Å²) in [5.74, 6) is -0.304. The molecule has 0 radical (unpaired) electrons. The number of carbonyl (C=O) groups excluding carboxylic acids is 1. The van der Waals surface area contributed by atoms with Gasteiger partial charge in [-0.05, 0) is 19.1 Å². The van der Waals surface area contributed by atoms with Crippen molar-refractivity contribution in [1.29, 1.82) is 0 Å². The van der Waals surface area contributed by atoms with Gasteiger partial charge in [-0.15, -0.1) is 23.1 Å². The van der Waals surface area contributed by atoms with Gasteiger partial charge in [0.2, 0.25) is 0 Å². The summed E-state index contributed by atoms with van der Waals surface area (Å²) >= 11 is 2.25. The first kappa shape index (κ1) is 16.3. The fraction of sp³-hybridized carbons (Fsp3) is 0.583. The molecule has 1 aromatic rings. The molecule has 1 aromatic heterocycles. The molecule has 0 atom stereocenters. The summed E-state index contributed by atoms with van der Waals surface area (Å²) in [6, 6.07) is 0.174. The van der Waals surface area contributed by atoms with Gasteiger partial charge in [-0.25, -0.2) is 0 Å². The van der Waals surface area contributed by atoms with Crippen LogP contribution >= 0.6 is 23.1 Å². The number of anilines is 2. The Kier molecular flexibility index (Phi) is 4.62. The Morgan fingerprint density at radius 3 is 2.62 bits per heavy atom. The van der Waals surface area contributed by atoms with E-state index in [-0.39, 0.29) is 22.5 Å². The van der Waals surface area contributed by atoms with Gasteiger partial charge in [0, 0.05) is 13.1 Å². The lowest BCUT2D eigenvalue weighted by Gasteiger charge is -2.20. The number of hydrogen-bond acceptors (Lipinski definition) is 5. The first-order valence-corrected chi connectivity index (χ1v) is 8.32. The van der Waals surface area contributed by atoms with Crippen molar-refractivity contribution in [3.8, 4) is 0 Å². The van der Waals surface area contributed by atoms with Crippen molar-refractivity contribution in [2.24, 2.45) is 0 Å². The zero-order valence-electron chi connectivity index (χ0n) is 11.6. The zero-order chi connectivity index (χ0) is 15.8. The number of nitrogen functional groups attached to an aromatic ring is 1. The summed E-state index contributed by atoms with van der Waals surface area (Å²) < 4.78 is 37.6. The second-order valence-corrected chi connectivity index (χ2v) is 6.72. The molecule has 0 unspecified atom stereocenters. The number of halogens is 3. The molecule has 1 aliphatic rings. The van der Waals surface area contributed by atoms with E-state index in [1.807, 2.05) is 0 Å². The van der Waals surface area contributed by atoms with Gasteiger partial charge < -0.3 is 16.0 Å². The maximum Gasteiger partial charge on any atom is 0.405 e. The van der Waals surface area contributed by atoms with Gasteiger partial charge >= 0.3 is 6.18 Å². The molecule has 0 saturated heterocycles. The summed E-state index contributed by atoms with van der Waals surface area (Å²) in [5, 5.41) is 3.18. The topological polar surface area (TPSA) is 58.4 Å². The second kappa shape index (κ2) is 5.96. The highest BCUT2D eigenvalue weighted by molar-refractivity contribution is 7.99. The van der Waals surface area contributed by atoms with E-state index < -0.39 is 12.7 Å². The normalized spacial score (nSPS) is 15.1. The maximum absolute atomic E-state index is 12.5. The zero-order valence-corrected chi connectivity index (χ0v) is 13.2. The first-order chi connectivity index (χ1) is 9.73. The van der Waals surface area contributed by atoms with Gasteiger partial charge in [0.25, 0.3) is 5.91 Å². The SMILES string of the molecule is CSc1c(N(C)CC(F)(F)F)sc(C(=O)NC2CC2)c1N. The first-order valence-electron chi connectivity index (χ1n) is 6.28. The molecule has 118 valence electrons. The van der Waals surface area contributed by atoms with Crippen LogP contribution < -0.4 is 16.0 Å². The van der Waals surface area contributed by atoms with Crippen LogP contribution in [0.4, 0.5) is 23.9 Å². The fourth-order valence-corrected chi connectivity index (χ4v) is 3.92. The summed E-state index contributed by atoms with van der Waals surface area (Å²) in [6.45, 7) is -1.08. The molecule has 0 bridgehead atoms. The molecular weight excluding hydrogens is 323 g/mol. The largest absolute Gasteiger partial charge is 0.405 e. The van der Waals surface area contributed by atoms with E-state index in [2.05, 4.69) is 5.32 Å². The minimum absolute atomic E-state index is 0.174. The molecule has 3 N–H and O–H groups in total. The Bertz CT molecular complexity index is 541. The van der Waals surface area contributed by atoms with Crippen LogP contribution in [0, 0.1) is 0 Å². The second-order valence-electron chi connectivity index (χ2n) is 4.90. The Hall–Kier alpha value is -1.09. The number of carbonyl (C=O) groups is 1. The van der Waals surface area contributed by atoms with Crippen LogP contribution in [-0.4, -0.2) is 38.0 Å². The predicted octanol–water partition coefficient (Wildman–Crippen LogP) is 2.94. The summed E-state index contributed by atoms with van der Waals surface area (Å²) in [7, 11) is 1.35. The predicted molar refractivity (Wildman–Crippen MR) is 80.3 cm³/mol. The van der Waals surface area contributed by atoms with E-state index in [1.54, 1.807) is 6.26 Å². The van der Waals surface area contributed by atoms with Crippen LogP contribution in [0.2, 0.25) is 0 Å². The van der Waals surface area contributed by atoms with E-state index >= 15 is 0 Å². The molecule has 9 heteroatoms. The van der Waals surface area contributed by atoms with Gasteiger partial charge in [0.1, 0.15) is 16.4 Å². The highest BCUT2D eigenvalue weighted by Gasteiger charge is 2.33. The Morgan fingerprint density at radius 2 is 2.14 bits per heavy atom. The Morgan fingerprint density at radius 1 is 1.52 bits per heavy atom. The van der Waals surface area contributed by atoms with Crippen LogP contribution in [0.5, 0.6) is 0 Å². The summed E-state index contributed by atoms with van der Waals surface area (Å²) in [5.41, 5.74) is 6.19. The molecule has 2 rings (SSSR count). The minimum Gasteiger partial charge on any atom is -0.396 e. The quantitative estimate of drug-likeness (QED) is 0.810. The smallest absolute Gasteiger partial charge is 0.396 e. The number of nitrogens with one attached hydrogen (secondary N) is 1. The van der Waals surface area contributed by atoms with Crippen molar-refractivity contribution in [3.63, 3.8) is 0 Å². The maximum atomic E-state index is 12.5. The average molecular weight is 339 g/mol. The van der Waals surface area contributed by atoms with E-state index in [0.29, 0.717) is 9.90 Å². The molecule has 4 nitrogen and oxygen atoms in total. The molecule has 1 heterocycles. The molecule has 21 heavy (non-hydrogen) atoms. The van der Waals surface area contributed by atoms with Crippen LogP contribution in [0.25, 0.3) is 0 Å². The van der Waals surface area contributed by atoms with Crippen LogP contribution in [-0.2, 0) is 0 Å². The lowest BCUT2D eigenvalue weighted by molar-refractivity contribution is -0.119. The van der Waals surface area contributed by atoms with Gasteiger partial charge in [-0.3, -0.25) is 4.79 Å². The van der Waals surface area contributed by atoms with Gasteiger partial charge in [0.15, 0.2) is 0 Å². The molecule has 1 amide bonds. The number of hydrogen-bond donors (Lipinski definition) is 2. The van der Waals surface area contributed by atoms with E-state index in [4.69, 9.17) is 5.73 Å². The van der Waals surface area contributed by atoms with Crippen molar-refractivity contribution in [2.45, 2.75) is 30.0 Å². The highest BCUT2D eigenvalue weighted by atomic mass is 32.2. The minimum atomic E-state index is -4.31.